The van der Waals surface area contributed by atoms with Crippen molar-refractivity contribution in [1.29, 1.82) is 0 Å². The van der Waals surface area contributed by atoms with E-state index in [1.807, 2.05) is 0 Å². The van der Waals surface area contributed by atoms with Crippen molar-refractivity contribution >= 4 is 34.8 Å². The van der Waals surface area contributed by atoms with Gasteiger partial charge in [0.05, 0.1) is 12.2 Å². The Bertz CT molecular complexity index is 854. The Morgan fingerprint density at radius 1 is 0.733 bits per heavy atom. The summed E-state index contributed by atoms with van der Waals surface area (Å²) < 4.78 is 0. The molecule has 0 saturated heterocycles. The van der Waals surface area contributed by atoms with Crippen LogP contribution in [0.15, 0.2) is 36.4 Å². The molecule has 4 N–H and O–H groups in total. The highest BCUT2D eigenvalue weighted by atomic mass is 35.5. The van der Waals surface area contributed by atoms with Crippen molar-refractivity contribution in [2.45, 2.75) is 51.1 Å². The van der Waals surface area contributed by atoms with Crippen molar-refractivity contribution < 1.29 is 30.0 Å². The molecule has 8 heteroatoms. The van der Waals surface area contributed by atoms with E-state index in [2.05, 4.69) is 0 Å². The van der Waals surface area contributed by atoms with Crippen LogP contribution in [-0.4, -0.2) is 56.4 Å². The van der Waals surface area contributed by atoms with E-state index in [1.165, 1.54) is 0 Å². The van der Waals surface area contributed by atoms with Crippen LogP contribution in [0.3, 0.4) is 0 Å². The second-order valence-electron chi connectivity index (χ2n) is 7.33. The van der Waals surface area contributed by atoms with E-state index in [4.69, 9.17) is 23.2 Å². The fourth-order valence-corrected chi connectivity index (χ4v) is 3.28. The molecule has 4 atom stereocenters. The fraction of sp³-hybridized carbons (Fsp3) is 0.364. The smallest absolute Gasteiger partial charge is 0.232 e. The van der Waals surface area contributed by atoms with Crippen molar-refractivity contribution in [3.8, 4) is 0 Å². The third kappa shape index (κ3) is 6.11. The molecule has 162 valence electrons. The number of aliphatic hydroxyl groups is 4. The minimum Gasteiger partial charge on any atom is -0.390 e. The molecule has 0 amide bonds. The second kappa shape index (κ2) is 10.5. The lowest BCUT2D eigenvalue weighted by Gasteiger charge is -2.20. The molecule has 0 saturated carbocycles. The Balaban J connectivity index is 2.00. The Kier molecular flexibility index (Phi) is 8.55. The normalized spacial score (nSPS) is 15.3. The summed E-state index contributed by atoms with van der Waals surface area (Å²) in [6, 6.07) is 9.97. The molecule has 0 aliphatic heterocycles. The Hall–Kier alpha value is -1.80. The van der Waals surface area contributed by atoms with Gasteiger partial charge in [-0.15, -0.1) is 0 Å². The first-order valence-electron chi connectivity index (χ1n) is 9.31. The maximum atomic E-state index is 12.2. The van der Waals surface area contributed by atoms with E-state index in [1.54, 1.807) is 50.2 Å². The zero-order valence-electron chi connectivity index (χ0n) is 16.5. The summed E-state index contributed by atoms with van der Waals surface area (Å²) in [5, 5.41) is 41.3. The molecule has 2 aromatic carbocycles. The van der Waals surface area contributed by atoms with Crippen LogP contribution in [-0.2, 0) is 22.4 Å². The first-order chi connectivity index (χ1) is 14.0. The molecule has 30 heavy (non-hydrogen) atoms. The average molecular weight is 455 g/mol. The van der Waals surface area contributed by atoms with Gasteiger partial charge in [0, 0.05) is 22.9 Å². The van der Waals surface area contributed by atoms with Gasteiger partial charge in [0.15, 0.2) is 0 Å². The van der Waals surface area contributed by atoms with Gasteiger partial charge >= 0.3 is 0 Å². The first kappa shape index (κ1) is 24.5. The lowest BCUT2D eigenvalue weighted by Crippen LogP contribution is -2.47. The Morgan fingerprint density at radius 3 is 1.37 bits per heavy atom. The van der Waals surface area contributed by atoms with Gasteiger partial charge in [-0.25, -0.2) is 0 Å². The number of rotatable bonds is 9. The van der Waals surface area contributed by atoms with Crippen LogP contribution in [0.5, 0.6) is 0 Å². The Labute approximate surface area is 184 Å². The SMILES string of the molecule is Cc1ccc(CC(O)[C@H](O)C(=O)C(=O)[C@H](O)C(O)Cc2ccc(C)c(Cl)c2)cc1Cl. The van der Waals surface area contributed by atoms with Gasteiger partial charge in [0.1, 0.15) is 12.2 Å². The van der Waals surface area contributed by atoms with E-state index >= 15 is 0 Å². The van der Waals surface area contributed by atoms with Crippen molar-refractivity contribution in [3.63, 3.8) is 0 Å². The van der Waals surface area contributed by atoms with Crippen LogP contribution in [0.1, 0.15) is 22.3 Å². The van der Waals surface area contributed by atoms with Gasteiger partial charge in [-0.1, -0.05) is 47.5 Å². The van der Waals surface area contributed by atoms with Gasteiger partial charge in [-0.2, -0.15) is 0 Å². The Morgan fingerprint density at radius 2 is 1.07 bits per heavy atom. The predicted octanol–water partition coefficient (Wildman–Crippen LogP) is 1.98. The summed E-state index contributed by atoms with van der Waals surface area (Å²) in [5.74, 6) is -2.76. The number of hydrogen-bond acceptors (Lipinski definition) is 6. The largest absolute Gasteiger partial charge is 0.390 e. The fourth-order valence-electron chi connectivity index (χ4n) is 2.87. The maximum absolute atomic E-state index is 12.2. The molecule has 2 rings (SSSR count). The summed E-state index contributed by atoms with van der Waals surface area (Å²) in [4.78, 5) is 24.4. The third-order valence-electron chi connectivity index (χ3n) is 4.87. The topological polar surface area (TPSA) is 115 Å². The molecule has 0 aliphatic carbocycles. The second-order valence-corrected chi connectivity index (χ2v) is 8.14. The highest BCUT2D eigenvalue weighted by Crippen LogP contribution is 2.20. The highest BCUT2D eigenvalue weighted by molar-refractivity contribution is 6.40. The van der Waals surface area contributed by atoms with E-state index in [-0.39, 0.29) is 12.8 Å². The number of ketones is 2. The number of Topliss-reactive ketones (excluding diaryl/α,β-unsaturated/α-hetero) is 2. The molecule has 0 heterocycles. The summed E-state index contributed by atoms with van der Waals surface area (Å²) in [6.07, 6.45) is -7.51. The molecule has 6 nitrogen and oxygen atoms in total. The molecular formula is C22H24Cl2O6. The van der Waals surface area contributed by atoms with E-state index in [0.29, 0.717) is 21.2 Å². The molecule has 0 bridgehead atoms. The molecular weight excluding hydrogens is 431 g/mol. The van der Waals surface area contributed by atoms with Crippen LogP contribution < -0.4 is 0 Å². The first-order valence-corrected chi connectivity index (χ1v) is 10.1. The van der Waals surface area contributed by atoms with Crippen LogP contribution in [0.2, 0.25) is 10.0 Å². The summed E-state index contributed by atoms with van der Waals surface area (Å²) in [7, 11) is 0. The van der Waals surface area contributed by atoms with E-state index < -0.39 is 36.0 Å². The number of benzene rings is 2. The zero-order valence-corrected chi connectivity index (χ0v) is 18.1. The van der Waals surface area contributed by atoms with Crippen LogP contribution in [0.4, 0.5) is 0 Å². The van der Waals surface area contributed by atoms with Gasteiger partial charge in [-0.3, -0.25) is 9.59 Å². The number of hydrogen-bond donors (Lipinski definition) is 4. The molecule has 0 fully saturated rings. The molecule has 2 aromatic rings. The average Bonchev–Trinajstić information content (AvgIpc) is 2.71. The van der Waals surface area contributed by atoms with Crippen molar-refractivity contribution in [1.82, 2.24) is 0 Å². The van der Waals surface area contributed by atoms with Crippen molar-refractivity contribution in [2.24, 2.45) is 0 Å². The minimum absolute atomic E-state index is 0.124. The van der Waals surface area contributed by atoms with E-state index in [0.717, 1.165) is 11.1 Å². The molecule has 0 radical (unpaired) electrons. The lowest BCUT2D eigenvalue weighted by molar-refractivity contribution is -0.152. The number of carbonyl (C=O) groups excluding carboxylic acids is 2. The van der Waals surface area contributed by atoms with Gasteiger partial charge in [-0.05, 0) is 48.2 Å². The predicted molar refractivity (Wildman–Crippen MR) is 114 cm³/mol. The number of carbonyl (C=O) groups is 2. The minimum atomic E-state index is -2.05. The standard InChI is InChI=1S/C22H24Cl2O6/c1-11-3-5-13(7-15(11)23)9-17(25)19(27)21(29)22(30)20(28)18(26)10-14-6-4-12(2)16(24)8-14/h3-8,17-20,25-28H,9-10H2,1-2H3/t17?,18?,19-,20+. The lowest BCUT2D eigenvalue weighted by atomic mass is 9.94. The summed E-state index contributed by atoms with van der Waals surface area (Å²) in [6.45, 7) is 3.60. The summed E-state index contributed by atoms with van der Waals surface area (Å²) >= 11 is 12.0. The third-order valence-corrected chi connectivity index (χ3v) is 5.69. The molecule has 2 unspecified atom stereocenters. The van der Waals surface area contributed by atoms with Gasteiger partial charge in [0.2, 0.25) is 11.6 Å². The van der Waals surface area contributed by atoms with E-state index in [9.17, 15) is 30.0 Å². The monoisotopic (exact) mass is 454 g/mol. The molecule has 0 aliphatic rings. The maximum Gasteiger partial charge on any atom is 0.232 e. The number of halogens is 2. The number of aryl methyl sites for hydroxylation is 2. The quantitative estimate of drug-likeness (QED) is 0.430. The van der Waals surface area contributed by atoms with Crippen LogP contribution in [0, 0.1) is 13.8 Å². The van der Waals surface area contributed by atoms with Gasteiger partial charge in [0.25, 0.3) is 0 Å². The van der Waals surface area contributed by atoms with Crippen molar-refractivity contribution in [3.05, 3.63) is 68.7 Å². The van der Waals surface area contributed by atoms with Crippen molar-refractivity contribution in [2.75, 3.05) is 0 Å². The van der Waals surface area contributed by atoms with Crippen LogP contribution in [0.25, 0.3) is 0 Å². The van der Waals surface area contributed by atoms with Crippen LogP contribution >= 0.6 is 23.2 Å². The van der Waals surface area contributed by atoms with Gasteiger partial charge < -0.3 is 20.4 Å². The highest BCUT2D eigenvalue weighted by Gasteiger charge is 2.36. The molecule has 0 spiro atoms. The number of aliphatic hydroxyl groups excluding tert-OH is 4. The summed E-state index contributed by atoms with van der Waals surface area (Å²) in [5.41, 5.74) is 2.78. The zero-order chi connectivity index (χ0) is 22.6. The molecule has 0 aromatic heterocycles.